The van der Waals surface area contributed by atoms with Gasteiger partial charge in [0.15, 0.2) is 0 Å². The van der Waals surface area contributed by atoms with Gasteiger partial charge in [-0.1, -0.05) is 0 Å². The van der Waals surface area contributed by atoms with E-state index in [0.717, 1.165) is 52.8 Å². The summed E-state index contributed by atoms with van der Waals surface area (Å²) in [5.74, 6) is 1.45. The van der Waals surface area contributed by atoms with E-state index < -0.39 is 6.17 Å². The Morgan fingerprint density at radius 2 is 2.08 bits per heavy atom. The third-order valence-corrected chi connectivity index (χ3v) is 8.38. The van der Waals surface area contributed by atoms with Crippen LogP contribution in [0.3, 0.4) is 0 Å². The number of rotatable bonds is 11. The molecule has 39 heavy (non-hydrogen) atoms. The number of halogens is 1. The second-order valence-corrected chi connectivity index (χ2v) is 11.5. The molecule has 0 saturated carbocycles. The van der Waals surface area contributed by atoms with Gasteiger partial charge in [-0.05, 0) is 70.7 Å². The highest BCUT2D eigenvalue weighted by Crippen LogP contribution is 2.37. The lowest BCUT2D eigenvalue weighted by Crippen LogP contribution is -2.48. The molecule has 2 aromatic rings. The summed E-state index contributed by atoms with van der Waals surface area (Å²) in [6, 6.07) is 4.29. The van der Waals surface area contributed by atoms with Gasteiger partial charge in [-0.3, -0.25) is 14.6 Å². The Morgan fingerprint density at radius 1 is 1.36 bits per heavy atom. The number of ether oxygens (including phenoxy) is 1. The summed E-state index contributed by atoms with van der Waals surface area (Å²) in [6.45, 7) is 9.16. The average molecular weight is 577 g/mol. The van der Waals surface area contributed by atoms with Crippen LogP contribution >= 0.6 is 23.1 Å². The van der Waals surface area contributed by atoms with Crippen LogP contribution in [0.5, 0.6) is 0 Å². The number of carbonyl (C=O) groups is 2. The molecule has 212 valence electrons. The zero-order valence-corrected chi connectivity index (χ0v) is 24.5. The fraction of sp³-hybridized carbons (Fsp3) is 0.519. The van der Waals surface area contributed by atoms with Crippen LogP contribution in [0.25, 0.3) is 5.70 Å². The Labute approximate surface area is 237 Å². The second-order valence-electron chi connectivity index (χ2n) is 9.46. The number of thiazole rings is 1. The fourth-order valence-corrected chi connectivity index (χ4v) is 6.44. The number of pyridine rings is 1. The maximum atomic E-state index is 13.1. The minimum Gasteiger partial charge on any atom is -0.381 e. The number of hydrogen-bond donors (Lipinski definition) is 2. The van der Waals surface area contributed by atoms with Gasteiger partial charge in [0.1, 0.15) is 12.0 Å². The van der Waals surface area contributed by atoms with Gasteiger partial charge in [0.05, 0.1) is 38.8 Å². The predicted molar refractivity (Wildman–Crippen MR) is 157 cm³/mol. The highest BCUT2D eigenvalue weighted by molar-refractivity contribution is 8.02. The molecule has 0 aliphatic carbocycles. The Bertz CT molecular complexity index is 1130. The molecule has 2 aliphatic rings. The third-order valence-electron chi connectivity index (χ3n) is 6.59. The molecule has 4 heterocycles. The molecule has 2 unspecified atom stereocenters. The van der Waals surface area contributed by atoms with E-state index in [0.29, 0.717) is 17.9 Å². The maximum absolute atomic E-state index is 13.1. The van der Waals surface area contributed by atoms with Crippen molar-refractivity contribution in [3.63, 3.8) is 0 Å². The number of aromatic nitrogens is 2. The van der Waals surface area contributed by atoms with Crippen molar-refractivity contribution < 1.29 is 18.7 Å². The summed E-state index contributed by atoms with van der Waals surface area (Å²) in [5, 5.41) is 8.47. The first-order valence-corrected chi connectivity index (χ1v) is 14.7. The zero-order chi connectivity index (χ0) is 28.4. The molecule has 2 aromatic heterocycles. The number of carbonyl (C=O) groups excluding carboxylic acids is 2. The Kier molecular flexibility index (Phi) is 11.9. The van der Waals surface area contributed by atoms with Crippen molar-refractivity contribution >= 4 is 53.6 Å². The SMILES string of the molecule is C=N/C(=C\SCNc1ccc(C(=O)N2[C@@H]3CC[C@H]2CC(OC)C3)cn1)c1sc(C)nc1C.CC(F)CNC=O. The van der Waals surface area contributed by atoms with Gasteiger partial charge in [0, 0.05) is 31.9 Å². The number of nitrogens with one attached hydrogen (secondary N) is 2. The lowest BCUT2D eigenvalue weighted by molar-refractivity contribution is -0.109. The van der Waals surface area contributed by atoms with E-state index in [1.165, 1.54) is 6.92 Å². The van der Waals surface area contributed by atoms with Crippen molar-refractivity contribution in [3.05, 3.63) is 44.9 Å². The normalized spacial score (nSPS) is 21.0. The quantitative estimate of drug-likeness (QED) is 0.171. The molecule has 12 heteroatoms. The number of alkyl halides is 1. The van der Waals surface area contributed by atoms with E-state index in [9.17, 15) is 14.0 Å². The van der Waals surface area contributed by atoms with Gasteiger partial charge >= 0.3 is 0 Å². The van der Waals surface area contributed by atoms with Crippen LogP contribution in [0.1, 0.15) is 58.5 Å². The van der Waals surface area contributed by atoms with Crippen LogP contribution in [0.2, 0.25) is 0 Å². The summed E-state index contributed by atoms with van der Waals surface area (Å²) in [6.07, 6.45) is 5.48. The van der Waals surface area contributed by atoms with Crippen molar-refractivity contribution in [1.29, 1.82) is 0 Å². The lowest BCUT2D eigenvalue weighted by atomic mass is 9.99. The number of aryl methyl sites for hydroxylation is 2. The predicted octanol–water partition coefficient (Wildman–Crippen LogP) is 4.83. The minimum atomic E-state index is -0.940. The van der Waals surface area contributed by atoms with Gasteiger partial charge in [-0.15, -0.1) is 23.1 Å². The summed E-state index contributed by atoms with van der Waals surface area (Å²) in [7, 11) is 1.77. The number of thioether (sulfide) groups is 1. The van der Waals surface area contributed by atoms with Crippen LogP contribution < -0.4 is 10.6 Å². The highest BCUT2D eigenvalue weighted by atomic mass is 32.2. The van der Waals surface area contributed by atoms with Crippen molar-refractivity contribution in [2.75, 3.05) is 24.8 Å². The van der Waals surface area contributed by atoms with Crippen LogP contribution in [-0.2, 0) is 9.53 Å². The summed E-state index contributed by atoms with van der Waals surface area (Å²) < 4.78 is 17.2. The van der Waals surface area contributed by atoms with E-state index in [4.69, 9.17) is 4.74 Å². The number of amides is 2. The summed E-state index contributed by atoms with van der Waals surface area (Å²) in [4.78, 5) is 38.7. The fourth-order valence-electron chi connectivity index (χ4n) is 4.80. The molecule has 0 spiro atoms. The van der Waals surface area contributed by atoms with Gasteiger partial charge in [0.2, 0.25) is 6.41 Å². The molecule has 4 rings (SSSR count). The van der Waals surface area contributed by atoms with Crippen LogP contribution in [0.15, 0.2) is 28.7 Å². The Balaban J connectivity index is 0.000000532. The highest BCUT2D eigenvalue weighted by Gasteiger charge is 2.43. The largest absolute Gasteiger partial charge is 0.381 e. The van der Waals surface area contributed by atoms with E-state index in [2.05, 4.69) is 37.2 Å². The Morgan fingerprint density at radius 3 is 2.56 bits per heavy atom. The summed E-state index contributed by atoms with van der Waals surface area (Å²) >= 11 is 3.20. The molecule has 2 saturated heterocycles. The van der Waals surface area contributed by atoms with E-state index in [-0.39, 0.29) is 30.6 Å². The topological polar surface area (TPSA) is 109 Å². The van der Waals surface area contributed by atoms with Crippen LogP contribution in [0, 0.1) is 13.8 Å². The number of hydrogen-bond acceptors (Lipinski definition) is 9. The third kappa shape index (κ3) is 8.58. The molecule has 2 N–H and O–H groups in total. The molecule has 0 aromatic carbocycles. The molecule has 2 amide bonds. The molecule has 2 fully saturated rings. The van der Waals surface area contributed by atoms with E-state index >= 15 is 0 Å². The summed E-state index contributed by atoms with van der Waals surface area (Å²) in [5.41, 5.74) is 2.45. The zero-order valence-electron chi connectivity index (χ0n) is 22.9. The van der Waals surface area contributed by atoms with Gasteiger partial charge < -0.3 is 20.3 Å². The molecule has 0 radical (unpaired) electrons. The molecule has 4 atom stereocenters. The standard InChI is InChI=1S/C23H29N5O2S2.C4H8FNO/c1-14-22(32-15(2)27-14)20(24-3)12-31-13-26-21-8-5-16(11-25-21)23(29)28-17-6-7-18(28)10-19(9-17)30-4;1-4(5)2-6-3-7/h5,8,11-12,17-19H,3,6-7,9-10,13H2,1-2,4H3,(H,25,26);3-4H,2H2,1H3,(H,6,7)/b20-12-;/t17-,18+,19?;. The average Bonchev–Trinajstić information content (AvgIpc) is 3.40. The van der Waals surface area contributed by atoms with Crippen molar-refractivity contribution in [2.45, 2.75) is 70.8 Å². The monoisotopic (exact) mass is 576 g/mol. The molecule has 2 aliphatic heterocycles. The first-order valence-electron chi connectivity index (χ1n) is 12.9. The number of fused-ring (bicyclic) bond motifs is 2. The number of anilines is 1. The minimum absolute atomic E-state index is 0.0836. The van der Waals surface area contributed by atoms with Crippen LogP contribution in [0.4, 0.5) is 10.2 Å². The molecule has 9 nitrogen and oxygen atoms in total. The van der Waals surface area contributed by atoms with E-state index in [1.54, 1.807) is 36.4 Å². The first kappa shape index (κ1) is 30.7. The molecular weight excluding hydrogens is 539 g/mol. The van der Waals surface area contributed by atoms with Crippen molar-refractivity contribution in [3.8, 4) is 0 Å². The van der Waals surface area contributed by atoms with Crippen LogP contribution in [-0.4, -0.2) is 77.8 Å². The first-order chi connectivity index (χ1) is 18.8. The number of methoxy groups -OCH3 is 1. The number of aliphatic imine (C=N–C) groups is 1. The van der Waals surface area contributed by atoms with Gasteiger partial charge in [-0.25, -0.2) is 14.4 Å². The molecular formula is C27H37FN6O3S2. The lowest BCUT2D eigenvalue weighted by Gasteiger charge is -2.38. The molecule has 2 bridgehead atoms. The van der Waals surface area contributed by atoms with E-state index in [1.807, 2.05) is 31.4 Å². The second kappa shape index (κ2) is 15.1. The van der Waals surface area contributed by atoms with Crippen molar-refractivity contribution in [1.82, 2.24) is 20.2 Å². The smallest absolute Gasteiger partial charge is 0.255 e. The maximum Gasteiger partial charge on any atom is 0.255 e. The van der Waals surface area contributed by atoms with Gasteiger partial charge in [-0.2, -0.15) is 0 Å². The number of piperidine rings is 1. The van der Waals surface area contributed by atoms with Gasteiger partial charge in [0.25, 0.3) is 5.91 Å². The van der Waals surface area contributed by atoms with Crippen molar-refractivity contribution in [2.24, 2.45) is 4.99 Å². The Hall–Kier alpha value is -2.83. The number of nitrogens with zero attached hydrogens (tertiary/aromatic N) is 4.